The molecule has 0 spiro atoms. The second-order valence-corrected chi connectivity index (χ2v) is 6.80. The van der Waals surface area contributed by atoms with E-state index in [2.05, 4.69) is 0 Å². The van der Waals surface area contributed by atoms with Gasteiger partial charge in [0.05, 0.1) is 5.60 Å². The molecule has 1 aromatic carbocycles. The number of ether oxygens (including phenoxy) is 2. The van der Waals surface area contributed by atoms with Crippen LogP contribution in [0, 0.1) is 5.92 Å². The van der Waals surface area contributed by atoms with Gasteiger partial charge < -0.3 is 40.7 Å². The highest BCUT2D eigenvalue weighted by Crippen LogP contribution is 2.35. The fraction of sp³-hybridized carbons (Fsp3) is 0.611. The zero-order chi connectivity index (χ0) is 20.4. The summed E-state index contributed by atoms with van der Waals surface area (Å²) < 4.78 is 10.6. The Labute approximate surface area is 157 Å². The summed E-state index contributed by atoms with van der Waals surface area (Å²) in [6, 6.07) is 6.41. The van der Waals surface area contributed by atoms with Gasteiger partial charge in [-0.25, -0.2) is 4.79 Å². The highest BCUT2D eigenvalue weighted by molar-refractivity contribution is 5.73. The van der Waals surface area contributed by atoms with Gasteiger partial charge in [-0.3, -0.25) is 0 Å². The lowest BCUT2D eigenvalue weighted by molar-refractivity contribution is -0.271. The van der Waals surface area contributed by atoms with Gasteiger partial charge in [-0.05, 0) is 30.7 Å². The van der Waals surface area contributed by atoms with Crippen molar-refractivity contribution in [3.63, 3.8) is 0 Å². The van der Waals surface area contributed by atoms with Crippen LogP contribution in [0.4, 0.5) is 0 Å². The van der Waals surface area contributed by atoms with Crippen molar-refractivity contribution in [1.82, 2.24) is 0 Å². The van der Waals surface area contributed by atoms with Gasteiger partial charge in [-0.15, -0.1) is 0 Å². The third-order valence-electron chi connectivity index (χ3n) is 5.11. The van der Waals surface area contributed by atoms with Crippen LogP contribution in [0.25, 0.3) is 0 Å². The summed E-state index contributed by atoms with van der Waals surface area (Å²) in [5.74, 6) is -1.53. The Bertz CT molecular complexity index is 656. The Morgan fingerprint density at radius 1 is 1.30 bits per heavy atom. The van der Waals surface area contributed by atoms with Gasteiger partial charge in [0.2, 0.25) is 6.29 Å². The highest BCUT2D eigenvalue weighted by Gasteiger charge is 2.48. The standard InChI is InChI=1S/C18H27NO8/c1-3-18(25,9(2)8-19)10-5-4-6-11(7-10)26-17-14(22)12(20)13(21)15(27-17)16(23)24/h4-7,9,12-15,17,20-22,25H,3,8,19H2,1-2H3,(H,23,24)/t9?,12-,13+,14?,15?,17+,18?/m0/s1. The highest BCUT2D eigenvalue weighted by atomic mass is 16.7. The molecule has 1 aliphatic rings. The van der Waals surface area contributed by atoms with Crippen LogP contribution in [0.5, 0.6) is 5.75 Å². The van der Waals surface area contributed by atoms with E-state index in [1.54, 1.807) is 18.2 Å². The van der Waals surface area contributed by atoms with Gasteiger partial charge in [0.15, 0.2) is 6.10 Å². The van der Waals surface area contributed by atoms with E-state index in [9.17, 15) is 25.2 Å². The van der Waals surface area contributed by atoms with Crippen molar-refractivity contribution in [2.24, 2.45) is 11.7 Å². The number of nitrogens with two attached hydrogens (primary N) is 1. The van der Waals surface area contributed by atoms with E-state index in [1.165, 1.54) is 6.07 Å². The summed E-state index contributed by atoms with van der Waals surface area (Å²) in [6.07, 6.45) is -8.06. The summed E-state index contributed by atoms with van der Waals surface area (Å²) >= 11 is 0. The summed E-state index contributed by atoms with van der Waals surface area (Å²) in [4.78, 5) is 11.2. The lowest BCUT2D eigenvalue weighted by Gasteiger charge is -2.38. The Hall–Kier alpha value is -1.75. The van der Waals surface area contributed by atoms with Gasteiger partial charge in [-0.1, -0.05) is 26.0 Å². The molecule has 0 radical (unpaired) electrons. The Morgan fingerprint density at radius 2 is 1.96 bits per heavy atom. The Morgan fingerprint density at radius 3 is 2.52 bits per heavy atom. The summed E-state index contributed by atoms with van der Waals surface area (Å²) in [6.45, 7) is 3.91. The molecule has 0 saturated carbocycles. The normalized spacial score (nSPS) is 31.7. The fourth-order valence-corrected chi connectivity index (χ4v) is 3.15. The number of hydrogen-bond donors (Lipinski definition) is 6. The van der Waals surface area contributed by atoms with Crippen LogP contribution in [0.3, 0.4) is 0 Å². The second-order valence-electron chi connectivity index (χ2n) is 6.80. The first-order valence-electron chi connectivity index (χ1n) is 8.77. The number of benzene rings is 1. The quantitative estimate of drug-likeness (QED) is 0.351. The fourth-order valence-electron chi connectivity index (χ4n) is 3.15. The largest absolute Gasteiger partial charge is 0.479 e. The number of aliphatic hydroxyl groups is 4. The zero-order valence-electron chi connectivity index (χ0n) is 15.2. The number of rotatable bonds is 7. The van der Waals surface area contributed by atoms with Crippen LogP contribution in [0.1, 0.15) is 25.8 Å². The first kappa shape index (κ1) is 21.5. The average Bonchev–Trinajstić information content (AvgIpc) is 2.66. The second kappa shape index (κ2) is 8.51. The van der Waals surface area contributed by atoms with E-state index in [0.29, 0.717) is 12.0 Å². The van der Waals surface area contributed by atoms with Crippen LogP contribution >= 0.6 is 0 Å². The third kappa shape index (κ3) is 4.23. The summed E-state index contributed by atoms with van der Waals surface area (Å²) in [7, 11) is 0. The molecule has 1 fully saturated rings. The van der Waals surface area contributed by atoms with Gasteiger partial charge in [0.1, 0.15) is 24.1 Å². The van der Waals surface area contributed by atoms with Crippen LogP contribution in [0.2, 0.25) is 0 Å². The zero-order valence-corrected chi connectivity index (χ0v) is 15.2. The van der Waals surface area contributed by atoms with Crippen molar-refractivity contribution in [2.75, 3.05) is 6.54 Å². The number of carbonyl (C=O) groups is 1. The number of aliphatic carboxylic acids is 1. The van der Waals surface area contributed by atoms with E-state index in [4.69, 9.17) is 20.3 Å². The van der Waals surface area contributed by atoms with Crippen LogP contribution in [0.15, 0.2) is 24.3 Å². The molecule has 1 aliphatic heterocycles. The van der Waals surface area contributed by atoms with Crippen molar-refractivity contribution < 1.29 is 39.8 Å². The summed E-state index contributed by atoms with van der Waals surface area (Å²) in [5, 5.41) is 49.7. The maximum absolute atomic E-state index is 11.2. The molecular formula is C18H27NO8. The molecular weight excluding hydrogens is 358 g/mol. The average molecular weight is 385 g/mol. The first-order chi connectivity index (χ1) is 12.7. The number of aliphatic hydroxyl groups excluding tert-OH is 3. The van der Waals surface area contributed by atoms with Gasteiger partial charge in [0.25, 0.3) is 0 Å². The van der Waals surface area contributed by atoms with Gasteiger partial charge >= 0.3 is 5.97 Å². The van der Waals surface area contributed by atoms with Crippen molar-refractivity contribution >= 4 is 5.97 Å². The molecule has 1 aromatic rings. The Kier molecular flexibility index (Phi) is 6.79. The Balaban J connectivity index is 2.26. The molecule has 27 heavy (non-hydrogen) atoms. The molecule has 0 aromatic heterocycles. The lowest BCUT2D eigenvalue weighted by Crippen LogP contribution is -2.61. The van der Waals surface area contributed by atoms with E-state index in [1.807, 2.05) is 13.8 Å². The van der Waals surface area contributed by atoms with Crippen molar-refractivity contribution in [1.29, 1.82) is 0 Å². The molecule has 2 rings (SSSR count). The molecule has 9 heteroatoms. The maximum Gasteiger partial charge on any atom is 0.335 e. The molecule has 0 amide bonds. The predicted molar refractivity (Wildman–Crippen MR) is 93.8 cm³/mol. The number of hydrogen-bond acceptors (Lipinski definition) is 8. The van der Waals surface area contributed by atoms with Crippen LogP contribution in [-0.2, 0) is 15.1 Å². The van der Waals surface area contributed by atoms with E-state index in [-0.39, 0.29) is 18.2 Å². The predicted octanol–water partition coefficient (Wildman–Crippen LogP) is -0.850. The van der Waals surface area contributed by atoms with Gasteiger partial charge in [-0.2, -0.15) is 0 Å². The minimum Gasteiger partial charge on any atom is -0.479 e. The van der Waals surface area contributed by atoms with E-state index in [0.717, 1.165) is 0 Å². The molecule has 7 atom stereocenters. The molecule has 1 saturated heterocycles. The van der Waals surface area contributed by atoms with Crippen molar-refractivity contribution in [2.45, 2.75) is 56.6 Å². The molecule has 1 heterocycles. The minimum absolute atomic E-state index is 0.195. The van der Waals surface area contributed by atoms with Crippen molar-refractivity contribution in [3.05, 3.63) is 29.8 Å². The molecule has 9 nitrogen and oxygen atoms in total. The number of carboxylic acid groups (broad SMARTS) is 1. The monoisotopic (exact) mass is 385 g/mol. The first-order valence-corrected chi connectivity index (χ1v) is 8.77. The lowest BCUT2D eigenvalue weighted by atomic mass is 9.80. The number of carboxylic acids is 1. The minimum atomic E-state index is -1.79. The molecule has 7 N–H and O–H groups in total. The van der Waals surface area contributed by atoms with Gasteiger partial charge in [0, 0.05) is 5.92 Å². The smallest absolute Gasteiger partial charge is 0.335 e. The summed E-state index contributed by atoms with van der Waals surface area (Å²) in [5.41, 5.74) is 5.04. The molecule has 0 bridgehead atoms. The van der Waals surface area contributed by atoms with E-state index >= 15 is 0 Å². The molecule has 0 aliphatic carbocycles. The molecule has 4 unspecified atom stereocenters. The SMILES string of the molecule is CCC(O)(c1cccc(O[C@@H]2OC(C(=O)O)[C@H](O)[C@H](O)C2O)c1)C(C)CN. The van der Waals surface area contributed by atoms with Crippen LogP contribution in [-0.4, -0.2) is 68.8 Å². The topological polar surface area (TPSA) is 163 Å². The van der Waals surface area contributed by atoms with E-state index < -0.39 is 42.3 Å². The maximum atomic E-state index is 11.2. The third-order valence-corrected chi connectivity index (χ3v) is 5.11. The molecule has 152 valence electrons. The van der Waals surface area contributed by atoms with Crippen molar-refractivity contribution in [3.8, 4) is 5.75 Å². The van der Waals surface area contributed by atoms with Crippen LogP contribution < -0.4 is 10.5 Å².